The molecule has 6 heterocycles. The standard InChI is InChI=1S/C32H26N4O6/c1-17-9-3-5-11-19(17)33-29(37)23-25(21-13-7-15-41-21)36-28-24(26(22-14-8-16-42-22)35(36)27(23)31(33)39)30(38)34(32(28)40)20-12-6-4-10-18(20)2/h3-16,23-28H,1-2H3/t23-,24-,25-,26-,27+,28+/m1/s1. The molecule has 210 valence electrons. The van der Waals surface area contributed by atoms with Gasteiger partial charge in [0.25, 0.3) is 11.8 Å². The molecule has 0 radical (unpaired) electrons. The average Bonchev–Trinajstić information content (AvgIpc) is 3.81. The molecule has 0 unspecified atom stereocenters. The van der Waals surface area contributed by atoms with Crippen LogP contribution in [0, 0.1) is 25.7 Å². The lowest BCUT2D eigenvalue weighted by Gasteiger charge is -2.34. The summed E-state index contributed by atoms with van der Waals surface area (Å²) in [6, 6.07) is 17.9. The van der Waals surface area contributed by atoms with Gasteiger partial charge in [0.05, 0.1) is 47.8 Å². The van der Waals surface area contributed by atoms with Crippen molar-refractivity contribution in [2.75, 3.05) is 9.80 Å². The van der Waals surface area contributed by atoms with Crippen molar-refractivity contribution in [3.8, 4) is 0 Å². The molecule has 10 heteroatoms. The molecule has 4 amide bonds. The molecule has 4 aliphatic rings. The summed E-state index contributed by atoms with van der Waals surface area (Å²) in [5.41, 5.74) is 2.59. The minimum absolute atomic E-state index is 0.377. The molecule has 42 heavy (non-hydrogen) atoms. The molecule has 4 fully saturated rings. The number of hydrogen-bond acceptors (Lipinski definition) is 8. The van der Waals surface area contributed by atoms with Crippen LogP contribution in [-0.2, 0) is 19.2 Å². The van der Waals surface area contributed by atoms with E-state index in [1.807, 2.05) is 38.1 Å². The van der Waals surface area contributed by atoms with Crippen LogP contribution in [0.1, 0.15) is 34.7 Å². The van der Waals surface area contributed by atoms with Crippen LogP contribution < -0.4 is 9.80 Å². The lowest BCUT2D eigenvalue weighted by Crippen LogP contribution is -2.50. The van der Waals surface area contributed by atoms with Crippen LogP contribution in [0.4, 0.5) is 11.4 Å². The number of fused-ring (bicyclic) bond motifs is 5. The van der Waals surface area contributed by atoms with E-state index in [2.05, 4.69) is 0 Å². The highest BCUT2D eigenvalue weighted by molar-refractivity contribution is 6.26. The van der Waals surface area contributed by atoms with Crippen molar-refractivity contribution in [1.29, 1.82) is 0 Å². The Labute approximate surface area is 240 Å². The smallest absolute Gasteiger partial charge is 0.253 e. The van der Waals surface area contributed by atoms with Gasteiger partial charge in [0, 0.05) is 0 Å². The molecule has 2 aromatic carbocycles. The number of hydrazine groups is 1. The number of imide groups is 2. The van der Waals surface area contributed by atoms with Gasteiger partial charge in [-0.25, -0.2) is 19.8 Å². The van der Waals surface area contributed by atoms with E-state index in [0.717, 1.165) is 11.1 Å². The summed E-state index contributed by atoms with van der Waals surface area (Å²) in [5.74, 6) is -2.46. The van der Waals surface area contributed by atoms with E-state index >= 15 is 0 Å². The number of carbonyl (C=O) groups excluding carboxylic acids is 4. The number of anilines is 2. The van der Waals surface area contributed by atoms with E-state index < -0.39 is 47.8 Å². The van der Waals surface area contributed by atoms with E-state index in [0.29, 0.717) is 22.9 Å². The first-order chi connectivity index (χ1) is 20.4. The summed E-state index contributed by atoms with van der Waals surface area (Å²) in [6.07, 6.45) is 3.01. The zero-order chi connectivity index (χ0) is 28.9. The second-order valence-electron chi connectivity index (χ2n) is 11.2. The Kier molecular flexibility index (Phi) is 5.26. The molecular weight excluding hydrogens is 536 g/mol. The van der Waals surface area contributed by atoms with E-state index in [1.165, 1.54) is 22.3 Å². The van der Waals surface area contributed by atoms with Crippen molar-refractivity contribution in [3.05, 3.63) is 108 Å². The molecule has 10 nitrogen and oxygen atoms in total. The summed E-state index contributed by atoms with van der Waals surface area (Å²) in [6.45, 7) is 3.70. The molecule has 6 atom stereocenters. The van der Waals surface area contributed by atoms with Crippen LogP contribution >= 0.6 is 0 Å². The highest BCUT2D eigenvalue weighted by Gasteiger charge is 2.74. The fourth-order valence-corrected chi connectivity index (χ4v) is 7.42. The zero-order valence-electron chi connectivity index (χ0n) is 22.8. The number of amides is 4. The predicted molar refractivity (Wildman–Crippen MR) is 148 cm³/mol. The van der Waals surface area contributed by atoms with E-state index in [4.69, 9.17) is 8.83 Å². The highest BCUT2D eigenvalue weighted by Crippen LogP contribution is 2.60. The van der Waals surface area contributed by atoms with Crippen molar-refractivity contribution in [2.24, 2.45) is 11.8 Å². The van der Waals surface area contributed by atoms with Crippen molar-refractivity contribution >= 4 is 35.0 Å². The van der Waals surface area contributed by atoms with Gasteiger partial charge < -0.3 is 8.83 Å². The van der Waals surface area contributed by atoms with Gasteiger partial charge in [-0.1, -0.05) is 36.4 Å². The van der Waals surface area contributed by atoms with E-state index in [1.54, 1.807) is 58.5 Å². The number of nitrogens with zero attached hydrogens (tertiary/aromatic N) is 4. The zero-order valence-corrected chi connectivity index (χ0v) is 22.8. The third-order valence-electron chi connectivity index (χ3n) is 9.11. The maximum absolute atomic E-state index is 14.3. The number of carbonyl (C=O) groups is 4. The number of hydrogen-bond donors (Lipinski definition) is 0. The van der Waals surface area contributed by atoms with E-state index in [9.17, 15) is 19.2 Å². The SMILES string of the molecule is Cc1ccccc1N1C(=O)[C@H]2[C@@H](C1=O)N1[C@H](c3ccco3)[C@H]3C(=O)N(c4ccccc4C)C(=O)[C@H]3N1[C@@H]2c1ccco1. The summed E-state index contributed by atoms with van der Waals surface area (Å²) < 4.78 is 11.7. The summed E-state index contributed by atoms with van der Waals surface area (Å²) >= 11 is 0. The van der Waals surface area contributed by atoms with Gasteiger partial charge >= 0.3 is 0 Å². The summed E-state index contributed by atoms with van der Waals surface area (Å²) in [4.78, 5) is 59.7. The molecule has 0 bridgehead atoms. The molecule has 4 aliphatic heterocycles. The Morgan fingerprint density at radius 1 is 0.500 bits per heavy atom. The Bertz CT molecular complexity index is 1640. The minimum atomic E-state index is -0.972. The van der Waals surface area contributed by atoms with Gasteiger partial charge in [-0.05, 0) is 61.4 Å². The first-order valence-electron chi connectivity index (χ1n) is 13.9. The summed E-state index contributed by atoms with van der Waals surface area (Å²) in [7, 11) is 0. The third kappa shape index (κ3) is 3.10. The topological polar surface area (TPSA) is 108 Å². The normalized spacial score (nSPS) is 29.1. The number of aryl methyl sites for hydroxylation is 2. The summed E-state index contributed by atoms with van der Waals surface area (Å²) in [5, 5.41) is 3.52. The quantitative estimate of drug-likeness (QED) is 0.345. The monoisotopic (exact) mass is 562 g/mol. The predicted octanol–water partition coefficient (Wildman–Crippen LogP) is 3.93. The highest BCUT2D eigenvalue weighted by atomic mass is 16.3. The van der Waals surface area contributed by atoms with Crippen LogP contribution in [0.3, 0.4) is 0 Å². The number of para-hydroxylation sites is 2. The first kappa shape index (κ1) is 25.0. The largest absolute Gasteiger partial charge is 0.468 e. The molecule has 0 aliphatic carbocycles. The Hall–Kier alpha value is -4.80. The number of rotatable bonds is 4. The fraction of sp³-hybridized carbons (Fsp3) is 0.250. The minimum Gasteiger partial charge on any atom is -0.468 e. The first-order valence-corrected chi connectivity index (χ1v) is 13.9. The van der Waals surface area contributed by atoms with Crippen LogP contribution in [0.5, 0.6) is 0 Å². The van der Waals surface area contributed by atoms with Gasteiger partial charge in [-0.15, -0.1) is 0 Å². The van der Waals surface area contributed by atoms with Crippen molar-refractivity contribution < 1.29 is 28.0 Å². The van der Waals surface area contributed by atoms with Crippen LogP contribution in [-0.4, -0.2) is 45.7 Å². The fourth-order valence-electron chi connectivity index (χ4n) is 7.42. The molecule has 4 aromatic rings. The second kappa shape index (κ2) is 8.85. The second-order valence-corrected chi connectivity index (χ2v) is 11.2. The van der Waals surface area contributed by atoms with Gasteiger partial charge in [0.1, 0.15) is 23.6 Å². The van der Waals surface area contributed by atoms with Gasteiger partial charge in [0.15, 0.2) is 0 Å². The lowest BCUT2D eigenvalue weighted by atomic mass is 9.87. The number of benzene rings is 2. The molecule has 0 saturated carbocycles. The van der Waals surface area contributed by atoms with Crippen LogP contribution in [0.25, 0.3) is 0 Å². The maximum Gasteiger partial charge on any atom is 0.253 e. The molecule has 0 spiro atoms. The van der Waals surface area contributed by atoms with Crippen molar-refractivity contribution in [1.82, 2.24) is 10.0 Å². The average molecular weight is 563 g/mol. The molecule has 8 rings (SSSR count). The molecule has 2 aromatic heterocycles. The van der Waals surface area contributed by atoms with Crippen LogP contribution in [0.15, 0.2) is 94.2 Å². The maximum atomic E-state index is 14.3. The van der Waals surface area contributed by atoms with E-state index in [-0.39, 0.29) is 11.8 Å². The Balaban J connectivity index is 1.32. The lowest BCUT2D eigenvalue weighted by molar-refractivity contribution is -0.136. The number of furan rings is 2. The Morgan fingerprint density at radius 3 is 1.26 bits per heavy atom. The Morgan fingerprint density at radius 2 is 0.905 bits per heavy atom. The van der Waals surface area contributed by atoms with Crippen LogP contribution in [0.2, 0.25) is 0 Å². The molecule has 4 saturated heterocycles. The molecule has 0 N–H and O–H groups in total. The van der Waals surface area contributed by atoms with Crippen molar-refractivity contribution in [3.63, 3.8) is 0 Å². The van der Waals surface area contributed by atoms with Gasteiger partial charge in [0.2, 0.25) is 11.8 Å². The molecular formula is C32H26N4O6. The third-order valence-corrected chi connectivity index (χ3v) is 9.11. The van der Waals surface area contributed by atoms with Gasteiger partial charge in [-0.2, -0.15) is 0 Å². The van der Waals surface area contributed by atoms with Crippen molar-refractivity contribution in [2.45, 2.75) is 38.0 Å². The van der Waals surface area contributed by atoms with Gasteiger partial charge in [-0.3, -0.25) is 19.2 Å².